The number of nitrogens with zero attached hydrogens (tertiary/aromatic N) is 2. The van der Waals surface area contributed by atoms with Gasteiger partial charge in [-0.2, -0.15) is 18.2 Å². The number of ether oxygens (including phenoxy) is 2. The molecule has 1 heterocycles. The van der Waals surface area contributed by atoms with Crippen LogP contribution in [0, 0.1) is 6.92 Å². The van der Waals surface area contributed by atoms with E-state index in [1.165, 1.54) is 31.1 Å². The standard InChI is InChI=1S/C16H15F3N2O2S/c1-10-9-11(7-8-12(10)16(17,18)19)23-15(24)21(2)13-5-4-6-14(20-13)22-3/h4-9H,1-3H3. The highest BCUT2D eigenvalue weighted by Gasteiger charge is 2.32. The Morgan fingerprint density at radius 3 is 2.50 bits per heavy atom. The molecule has 2 rings (SSSR count). The van der Waals surface area contributed by atoms with E-state index in [0.717, 1.165) is 6.07 Å². The SMILES string of the molecule is COc1cccc(N(C)C(=S)Oc2ccc(C(F)(F)F)c(C)c2)n1. The van der Waals surface area contributed by atoms with Crippen LogP contribution in [0.25, 0.3) is 0 Å². The van der Waals surface area contributed by atoms with E-state index in [1.54, 1.807) is 25.2 Å². The van der Waals surface area contributed by atoms with Gasteiger partial charge < -0.3 is 9.47 Å². The van der Waals surface area contributed by atoms with Crippen LogP contribution in [0.15, 0.2) is 36.4 Å². The average molecular weight is 356 g/mol. The molecule has 0 bridgehead atoms. The highest BCUT2D eigenvalue weighted by molar-refractivity contribution is 7.80. The number of pyridine rings is 1. The van der Waals surface area contributed by atoms with Crippen molar-refractivity contribution < 1.29 is 22.6 Å². The second kappa shape index (κ2) is 7.04. The molecule has 0 aliphatic carbocycles. The molecule has 0 saturated carbocycles. The van der Waals surface area contributed by atoms with Crippen LogP contribution < -0.4 is 14.4 Å². The smallest absolute Gasteiger partial charge is 0.416 e. The van der Waals surface area contributed by atoms with Crippen molar-refractivity contribution in [2.45, 2.75) is 13.1 Å². The van der Waals surface area contributed by atoms with Gasteiger partial charge in [-0.25, -0.2) is 0 Å². The summed E-state index contributed by atoms with van der Waals surface area (Å²) in [7, 11) is 3.13. The van der Waals surface area contributed by atoms with Crippen molar-refractivity contribution in [2.24, 2.45) is 0 Å². The molecular formula is C16H15F3N2O2S. The second-order valence-corrected chi connectivity index (χ2v) is 5.29. The molecule has 128 valence electrons. The third-order valence-electron chi connectivity index (χ3n) is 3.24. The van der Waals surface area contributed by atoms with E-state index in [9.17, 15) is 13.2 Å². The molecule has 1 aromatic carbocycles. The van der Waals surface area contributed by atoms with Gasteiger partial charge in [-0.05, 0) is 49.0 Å². The maximum Gasteiger partial charge on any atom is 0.416 e. The van der Waals surface area contributed by atoms with Crippen molar-refractivity contribution in [3.8, 4) is 11.6 Å². The van der Waals surface area contributed by atoms with Gasteiger partial charge in [0.2, 0.25) is 5.88 Å². The third kappa shape index (κ3) is 4.14. The van der Waals surface area contributed by atoms with E-state index >= 15 is 0 Å². The Balaban J connectivity index is 2.15. The fourth-order valence-electron chi connectivity index (χ4n) is 1.98. The van der Waals surface area contributed by atoms with Crippen LogP contribution in [0.3, 0.4) is 0 Å². The maximum absolute atomic E-state index is 12.8. The maximum atomic E-state index is 12.8. The molecule has 0 spiro atoms. The van der Waals surface area contributed by atoms with E-state index in [-0.39, 0.29) is 16.5 Å². The van der Waals surface area contributed by atoms with E-state index < -0.39 is 11.7 Å². The molecule has 0 unspecified atom stereocenters. The Hall–Kier alpha value is -2.35. The number of halogens is 3. The first-order valence-electron chi connectivity index (χ1n) is 6.87. The van der Waals surface area contributed by atoms with E-state index in [0.29, 0.717) is 11.7 Å². The fourth-order valence-corrected chi connectivity index (χ4v) is 2.17. The number of hydrogen-bond donors (Lipinski definition) is 0. The molecule has 0 fully saturated rings. The Bertz CT molecular complexity index is 750. The summed E-state index contributed by atoms with van der Waals surface area (Å²) in [5.74, 6) is 1.12. The van der Waals surface area contributed by atoms with Crippen LogP contribution in [0.4, 0.5) is 19.0 Å². The fraction of sp³-hybridized carbons (Fsp3) is 0.250. The topological polar surface area (TPSA) is 34.6 Å². The van der Waals surface area contributed by atoms with Gasteiger partial charge in [-0.3, -0.25) is 4.90 Å². The van der Waals surface area contributed by atoms with Gasteiger partial charge in [-0.1, -0.05) is 6.07 Å². The van der Waals surface area contributed by atoms with Crippen molar-refractivity contribution >= 4 is 23.2 Å². The minimum Gasteiger partial charge on any atom is -0.481 e. The first-order chi connectivity index (χ1) is 11.2. The number of benzene rings is 1. The Morgan fingerprint density at radius 1 is 1.21 bits per heavy atom. The van der Waals surface area contributed by atoms with Gasteiger partial charge in [-0.15, -0.1) is 0 Å². The van der Waals surface area contributed by atoms with E-state index in [1.807, 2.05) is 0 Å². The summed E-state index contributed by atoms with van der Waals surface area (Å²) < 4.78 is 48.8. The van der Waals surface area contributed by atoms with Gasteiger partial charge in [0.05, 0.1) is 12.7 Å². The van der Waals surface area contributed by atoms with Gasteiger partial charge in [0.1, 0.15) is 11.6 Å². The van der Waals surface area contributed by atoms with Crippen molar-refractivity contribution in [1.82, 2.24) is 4.98 Å². The van der Waals surface area contributed by atoms with Crippen molar-refractivity contribution in [1.29, 1.82) is 0 Å². The Morgan fingerprint density at radius 2 is 1.92 bits per heavy atom. The summed E-state index contributed by atoms with van der Waals surface area (Å²) in [4.78, 5) is 5.70. The molecule has 0 saturated heterocycles. The summed E-state index contributed by atoms with van der Waals surface area (Å²) in [6, 6.07) is 8.62. The molecule has 1 aromatic heterocycles. The molecule has 8 heteroatoms. The molecule has 0 atom stereocenters. The third-order valence-corrected chi connectivity index (χ3v) is 3.60. The van der Waals surface area contributed by atoms with Crippen LogP contribution in [-0.4, -0.2) is 24.3 Å². The van der Waals surface area contributed by atoms with Crippen LogP contribution >= 0.6 is 12.2 Å². The summed E-state index contributed by atoms with van der Waals surface area (Å²) in [5.41, 5.74) is -0.645. The first-order valence-corrected chi connectivity index (χ1v) is 7.27. The lowest BCUT2D eigenvalue weighted by Crippen LogP contribution is -2.30. The number of alkyl halides is 3. The summed E-state index contributed by atoms with van der Waals surface area (Å²) in [5, 5.41) is 0.0508. The summed E-state index contributed by atoms with van der Waals surface area (Å²) in [6.45, 7) is 1.37. The minimum absolute atomic E-state index is 0.0508. The lowest BCUT2D eigenvalue weighted by atomic mass is 10.1. The molecule has 2 aromatic rings. The van der Waals surface area contributed by atoms with Crippen molar-refractivity contribution in [3.05, 3.63) is 47.5 Å². The second-order valence-electron chi connectivity index (χ2n) is 4.94. The van der Waals surface area contributed by atoms with Gasteiger partial charge in [0.25, 0.3) is 5.17 Å². The van der Waals surface area contributed by atoms with Crippen LogP contribution in [0.1, 0.15) is 11.1 Å². The predicted octanol–water partition coefficient (Wildman–Crippen LogP) is 4.22. The monoisotopic (exact) mass is 356 g/mol. The zero-order chi connectivity index (χ0) is 17.9. The number of rotatable bonds is 3. The minimum atomic E-state index is -4.40. The average Bonchev–Trinajstić information content (AvgIpc) is 2.53. The number of hydrogen-bond acceptors (Lipinski definition) is 4. The molecule has 0 radical (unpaired) electrons. The zero-order valence-electron chi connectivity index (χ0n) is 13.2. The molecule has 24 heavy (non-hydrogen) atoms. The predicted molar refractivity (Wildman–Crippen MR) is 88.6 cm³/mol. The normalized spacial score (nSPS) is 11.1. The molecule has 0 N–H and O–H groups in total. The lowest BCUT2D eigenvalue weighted by molar-refractivity contribution is -0.138. The summed E-state index contributed by atoms with van der Waals surface area (Å²) >= 11 is 5.17. The number of anilines is 1. The molecule has 0 aliphatic rings. The van der Waals surface area contributed by atoms with E-state index in [2.05, 4.69) is 4.98 Å². The Labute approximate surface area is 142 Å². The van der Waals surface area contributed by atoms with Crippen LogP contribution in [0.2, 0.25) is 0 Å². The quantitative estimate of drug-likeness (QED) is 0.770. The Kier molecular flexibility index (Phi) is 5.28. The zero-order valence-corrected chi connectivity index (χ0v) is 14.0. The lowest BCUT2D eigenvalue weighted by Gasteiger charge is -2.20. The largest absolute Gasteiger partial charge is 0.481 e. The first kappa shape index (κ1) is 18.0. The molecule has 0 amide bonds. The van der Waals surface area contributed by atoms with E-state index in [4.69, 9.17) is 21.7 Å². The molecular weight excluding hydrogens is 341 g/mol. The number of aryl methyl sites for hydroxylation is 1. The molecule has 0 aliphatic heterocycles. The van der Waals surface area contributed by atoms with Gasteiger partial charge in [0, 0.05) is 13.1 Å². The highest BCUT2D eigenvalue weighted by atomic mass is 32.1. The number of thiocarbonyl (C=S) groups is 1. The highest BCUT2D eigenvalue weighted by Crippen LogP contribution is 2.33. The van der Waals surface area contributed by atoms with Crippen molar-refractivity contribution in [2.75, 3.05) is 19.1 Å². The van der Waals surface area contributed by atoms with Gasteiger partial charge in [0.15, 0.2) is 0 Å². The number of methoxy groups -OCH3 is 1. The van der Waals surface area contributed by atoms with Gasteiger partial charge >= 0.3 is 6.18 Å². The molecule has 4 nitrogen and oxygen atoms in total. The van der Waals surface area contributed by atoms with Crippen LogP contribution in [0.5, 0.6) is 11.6 Å². The van der Waals surface area contributed by atoms with Crippen LogP contribution in [-0.2, 0) is 6.18 Å². The van der Waals surface area contributed by atoms with Crippen molar-refractivity contribution in [3.63, 3.8) is 0 Å². The number of aromatic nitrogens is 1. The summed E-state index contributed by atoms with van der Waals surface area (Å²) in [6.07, 6.45) is -4.40.